The van der Waals surface area contributed by atoms with Crippen LogP contribution in [0.25, 0.3) is 5.65 Å². The first-order valence-corrected chi connectivity index (χ1v) is 7.12. The van der Waals surface area contributed by atoms with E-state index in [1.54, 1.807) is 6.20 Å². The Balaban J connectivity index is 2.39. The van der Waals surface area contributed by atoms with Crippen LogP contribution in [0.3, 0.4) is 0 Å². The Labute approximate surface area is 126 Å². The van der Waals surface area contributed by atoms with Crippen LogP contribution in [0.1, 0.15) is 42.1 Å². The van der Waals surface area contributed by atoms with Crippen LogP contribution in [-0.4, -0.2) is 38.1 Å². The van der Waals surface area contributed by atoms with Gasteiger partial charge in [-0.1, -0.05) is 19.8 Å². The Morgan fingerprint density at radius 2 is 2.18 bits per heavy atom. The molecule has 0 radical (unpaired) electrons. The fourth-order valence-corrected chi connectivity index (χ4v) is 2.23. The van der Waals surface area contributed by atoms with Crippen LogP contribution in [0.15, 0.2) is 17.3 Å². The molecule has 22 heavy (non-hydrogen) atoms. The molecular weight excluding hydrogens is 288 g/mol. The molecule has 0 unspecified atom stereocenters. The number of nitrogens with zero attached hydrogens (tertiary/aromatic N) is 2. The number of carboxylic acid groups (broad SMARTS) is 1. The third kappa shape index (κ3) is 3.33. The van der Waals surface area contributed by atoms with Crippen molar-refractivity contribution in [2.75, 3.05) is 6.54 Å². The molecule has 8 nitrogen and oxygen atoms in total. The molecule has 0 saturated carbocycles. The minimum absolute atomic E-state index is 0.128. The van der Waals surface area contributed by atoms with E-state index in [-0.39, 0.29) is 11.2 Å². The second-order valence-corrected chi connectivity index (χ2v) is 4.97. The van der Waals surface area contributed by atoms with Gasteiger partial charge in [-0.25, -0.2) is 9.50 Å². The molecule has 8 heteroatoms. The SMILES string of the molecule is CCCCCc1cn2[nH]cnc2c(C(=O)NCC(=O)O)c1=O. The molecule has 2 aromatic heterocycles. The Kier molecular flexibility index (Phi) is 4.92. The third-order valence-corrected chi connectivity index (χ3v) is 3.32. The minimum atomic E-state index is -1.18. The predicted octanol–water partition coefficient (Wildman–Crippen LogP) is 0.570. The second-order valence-electron chi connectivity index (χ2n) is 4.97. The summed E-state index contributed by atoms with van der Waals surface area (Å²) in [5, 5.41) is 13.6. The van der Waals surface area contributed by atoms with Crippen LogP contribution >= 0.6 is 0 Å². The van der Waals surface area contributed by atoms with Crippen molar-refractivity contribution in [3.8, 4) is 0 Å². The van der Waals surface area contributed by atoms with Crippen LogP contribution in [0, 0.1) is 0 Å². The number of aliphatic carboxylic acids is 1. The first-order valence-electron chi connectivity index (χ1n) is 7.12. The summed E-state index contributed by atoms with van der Waals surface area (Å²) in [6, 6.07) is 0. The average molecular weight is 306 g/mol. The smallest absolute Gasteiger partial charge is 0.322 e. The number of aryl methyl sites for hydroxylation is 1. The molecule has 118 valence electrons. The zero-order chi connectivity index (χ0) is 16.1. The lowest BCUT2D eigenvalue weighted by atomic mass is 10.1. The molecule has 2 rings (SSSR count). The Morgan fingerprint density at radius 3 is 2.86 bits per heavy atom. The van der Waals surface area contributed by atoms with Crippen molar-refractivity contribution in [2.24, 2.45) is 0 Å². The van der Waals surface area contributed by atoms with Gasteiger partial charge in [-0.15, -0.1) is 0 Å². The number of carbonyl (C=O) groups is 2. The summed E-state index contributed by atoms with van der Waals surface area (Å²) in [7, 11) is 0. The normalized spacial score (nSPS) is 10.8. The minimum Gasteiger partial charge on any atom is -0.480 e. The van der Waals surface area contributed by atoms with Gasteiger partial charge in [0.05, 0.1) is 0 Å². The van der Waals surface area contributed by atoms with Crippen molar-refractivity contribution in [3.63, 3.8) is 0 Å². The number of carbonyl (C=O) groups excluding carboxylic acids is 1. The highest BCUT2D eigenvalue weighted by Crippen LogP contribution is 2.08. The Bertz CT molecular complexity index is 747. The number of amides is 1. The topological polar surface area (TPSA) is 117 Å². The van der Waals surface area contributed by atoms with E-state index < -0.39 is 23.9 Å². The van der Waals surface area contributed by atoms with E-state index >= 15 is 0 Å². The molecule has 0 spiro atoms. The number of H-pyrrole nitrogens is 1. The number of rotatable bonds is 7. The van der Waals surface area contributed by atoms with Gasteiger partial charge in [-0.05, 0) is 12.8 Å². The summed E-state index contributed by atoms with van der Waals surface area (Å²) in [5.74, 6) is -1.90. The lowest BCUT2D eigenvalue weighted by molar-refractivity contribution is -0.135. The number of aromatic amines is 1. The number of aromatic nitrogens is 3. The van der Waals surface area contributed by atoms with Crippen LogP contribution in [0.4, 0.5) is 0 Å². The maximum absolute atomic E-state index is 12.5. The molecule has 0 aliphatic carbocycles. The van der Waals surface area contributed by atoms with Crippen LogP contribution in [0.5, 0.6) is 0 Å². The van der Waals surface area contributed by atoms with Crippen LogP contribution in [0.2, 0.25) is 0 Å². The largest absolute Gasteiger partial charge is 0.480 e. The van der Waals surface area contributed by atoms with Crippen LogP contribution < -0.4 is 10.7 Å². The maximum Gasteiger partial charge on any atom is 0.322 e. The maximum atomic E-state index is 12.5. The summed E-state index contributed by atoms with van der Waals surface area (Å²) >= 11 is 0. The number of nitrogens with one attached hydrogen (secondary N) is 2. The van der Waals surface area contributed by atoms with Gasteiger partial charge in [0.15, 0.2) is 11.1 Å². The first kappa shape index (κ1) is 15.7. The van der Waals surface area contributed by atoms with E-state index in [0.29, 0.717) is 12.0 Å². The molecule has 2 heterocycles. The lowest BCUT2D eigenvalue weighted by Crippen LogP contribution is -2.34. The van der Waals surface area contributed by atoms with Crippen molar-refractivity contribution >= 4 is 17.5 Å². The van der Waals surface area contributed by atoms with Crippen molar-refractivity contribution in [3.05, 3.63) is 33.9 Å². The Morgan fingerprint density at radius 1 is 1.41 bits per heavy atom. The molecule has 0 aliphatic rings. The summed E-state index contributed by atoms with van der Waals surface area (Å²) in [5.41, 5.74) is 0.172. The van der Waals surface area contributed by atoms with E-state index in [2.05, 4.69) is 22.3 Å². The van der Waals surface area contributed by atoms with Gasteiger partial charge in [0.1, 0.15) is 18.4 Å². The highest BCUT2D eigenvalue weighted by Gasteiger charge is 2.20. The zero-order valence-corrected chi connectivity index (χ0v) is 12.3. The van der Waals surface area contributed by atoms with E-state index in [4.69, 9.17) is 5.11 Å². The number of hydrogen-bond donors (Lipinski definition) is 3. The fourth-order valence-electron chi connectivity index (χ4n) is 2.23. The van der Waals surface area contributed by atoms with Gasteiger partial charge in [0.25, 0.3) is 5.91 Å². The van der Waals surface area contributed by atoms with E-state index in [1.165, 1.54) is 10.8 Å². The lowest BCUT2D eigenvalue weighted by Gasteiger charge is -2.07. The van der Waals surface area contributed by atoms with Gasteiger partial charge in [0, 0.05) is 11.8 Å². The summed E-state index contributed by atoms with van der Waals surface area (Å²) in [4.78, 5) is 39.1. The highest BCUT2D eigenvalue weighted by atomic mass is 16.4. The molecule has 0 aliphatic heterocycles. The summed E-state index contributed by atoms with van der Waals surface area (Å²) in [6.45, 7) is 1.52. The predicted molar refractivity (Wildman–Crippen MR) is 79.0 cm³/mol. The third-order valence-electron chi connectivity index (χ3n) is 3.32. The highest BCUT2D eigenvalue weighted by molar-refractivity contribution is 6.00. The van der Waals surface area contributed by atoms with Crippen LogP contribution in [-0.2, 0) is 11.2 Å². The molecule has 1 amide bonds. The van der Waals surface area contributed by atoms with E-state index in [1.807, 2.05) is 0 Å². The molecule has 3 N–H and O–H groups in total. The number of hydrogen-bond acceptors (Lipinski definition) is 4. The number of unbranched alkanes of at least 4 members (excludes halogenated alkanes) is 2. The summed E-state index contributed by atoms with van der Waals surface area (Å²) < 4.78 is 1.50. The summed E-state index contributed by atoms with van der Waals surface area (Å²) in [6.07, 6.45) is 6.44. The van der Waals surface area contributed by atoms with Crippen molar-refractivity contribution in [2.45, 2.75) is 32.6 Å². The van der Waals surface area contributed by atoms with Gasteiger partial charge in [-0.3, -0.25) is 19.5 Å². The second kappa shape index (κ2) is 6.88. The Hall–Kier alpha value is -2.64. The van der Waals surface area contributed by atoms with Crippen molar-refractivity contribution < 1.29 is 14.7 Å². The quantitative estimate of drug-likeness (QED) is 0.647. The van der Waals surface area contributed by atoms with Gasteiger partial charge >= 0.3 is 5.97 Å². The van der Waals surface area contributed by atoms with E-state index in [0.717, 1.165) is 19.3 Å². The number of carboxylic acids is 1. The van der Waals surface area contributed by atoms with Gasteiger partial charge in [-0.2, -0.15) is 0 Å². The molecule has 0 atom stereocenters. The van der Waals surface area contributed by atoms with Crippen molar-refractivity contribution in [1.82, 2.24) is 19.9 Å². The van der Waals surface area contributed by atoms with Gasteiger partial charge < -0.3 is 10.4 Å². The molecule has 0 fully saturated rings. The molecule has 0 saturated heterocycles. The first-order chi connectivity index (χ1) is 10.5. The zero-order valence-electron chi connectivity index (χ0n) is 12.3. The number of fused-ring (bicyclic) bond motifs is 1. The molecule has 0 aromatic carbocycles. The molecular formula is C14H18N4O4. The molecule has 0 bridgehead atoms. The van der Waals surface area contributed by atoms with Gasteiger partial charge in [0.2, 0.25) is 0 Å². The molecule has 2 aromatic rings. The van der Waals surface area contributed by atoms with E-state index in [9.17, 15) is 14.4 Å². The average Bonchev–Trinajstić information content (AvgIpc) is 2.93. The monoisotopic (exact) mass is 306 g/mol. The number of pyridine rings is 1. The van der Waals surface area contributed by atoms with Crippen molar-refractivity contribution in [1.29, 1.82) is 0 Å². The standard InChI is InChI=1S/C14H18N4O4/c1-2-3-4-5-9-7-18-13(16-8-17-18)11(12(9)21)14(22)15-6-10(19)20/h7-8H,2-6H2,1H3,(H,15,22)(H,16,17)(H,19,20). The fraction of sp³-hybridized carbons (Fsp3) is 0.429.